The molecule has 148 valence electrons. The van der Waals surface area contributed by atoms with Crippen LogP contribution in [0.4, 0.5) is 0 Å². The van der Waals surface area contributed by atoms with Crippen LogP contribution in [0.2, 0.25) is 0 Å². The van der Waals surface area contributed by atoms with Gasteiger partial charge in [0, 0.05) is 0 Å². The molecule has 0 N–H and O–H groups in total. The van der Waals surface area contributed by atoms with Crippen LogP contribution in [-0.4, -0.2) is 6.47 Å². The number of carbonyl (C=O) groups excluding carboxylic acids is 1. The topological polar surface area (TPSA) is 26.3 Å². The minimum atomic E-state index is 0.583. The van der Waals surface area contributed by atoms with Gasteiger partial charge in [0.05, 0.1) is 0 Å². The third-order valence-corrected chi connectivity index (χ3v) is 7.50. The molecule has 0 radical (unpaired) electrons. The normalized spacial score (nSPS) is 23.3. The van der Waals surface area contributed by atoms with Crippen LogP contribution in [0.15, 0.2) is 12.1 Å². The van der Waals surface area contributed by atoms with Gasteiger partial charge in [-0.15, -0.1) is 0 Å². The summed E-state index contributed by atoms with van der Waals surface area (Å²) in [5.74, 6) is 2.83. The molecule has 1 aromatic carbocycles. The predicted octanol–water partition coefficient (Wildman–Crippen LogP) is 7.36. The maximum absolute atomic E-state index is 11.4. The van der Waals surface area contributed by atoms with E-state index in [1.165, 1.54) is 107 Å². The number of hydrogen-bond acceptors (Lipinski definition) is 2. The van der Waals surface area contributed by atoms with Crippen molar-refractivity contribution in [3.05, 3.63) is 28.8 Å². The molecule has 4 rings (SSSR count). The second kappa shape index (κ2) is 9.26. The zero-order chi connectivity index (χ0) is 18.5. The van der Waals surface area contributed by atoms with Gasteiger partial charge >= 0.3 is 0 Å². The van der Waals surface area contributed by atoms with E-state index in [0.29, 0.717) is 24.2 Å². The zero-order valence-corrected chi connectivity index (χ0v) is 16.9. The highest BCUT2D eigenvalue weighted by molar-refractivity contribution is 5.56. The van der Waals surface area contributed by atoms with Gasteiger partial charge in [0.15, 0.2) is 0 Å². The Kier molecular flexibility index (Phi) is 6.52. The smallest absolute Gasteiger partial charge is 0.298 e. The van der Waals surface area contributed by atoms with Gasteiger partial charge in [0.2, 0.25) is 0 Å². The monoisotopic (exact) mass is 368 g/mol. The van der Waals surface area contributed by atoms with Gasteiger partial charge in [-0.25, -0.2) is 0 Å². The molecule has 0 aliphatic heterocycles. The Hall–Kier alpha value is -1.31. The molecule has 27 heavy (non-hydrogen) atoms. The summed E-state index contributed by atoms with van der Waals surface area (Å²) in [7, 11) is 0. The van der Waals surface area contributed by atoms with E-state index in [1.54, 1.807) is 5.56 Å². The third kappa shape index (κ3) is 4.41. The van der Waals surface area contributed by atoms with Crippen LogP contribution in [0.25, 0.3) is 0 Å². The highest BCUT2D eigenvalue weighted by Gasteiger charge is 2.28. The van der Waals surface area contributed by atoms with Crippen LogP contribution in [0.1, 0.15) is 131 Å². The van der Waals surface area contributed by atoms with E-state index in [4.69, 9.17) is 4.74 Å². The van der Waals surface area contributed by atoms with E-state index in [9.17, 15) is 4.79 Å². The van der Waals surface area contributed by atoms with Gasteiger partial charge in [-0.05, 0) is 73.0 Å². The molecule has 3 aliphatic rings. The van der Waals surface area contributed by atoms with Crippen LogP contribution >= 0.6 is 0 Å². The van der Waals surface area contributed by atoms with Gasteiger partial charge in [-0.1, -0.05) is 69.9 Å². The van der Waals surface area contributed by atoms with Crippen molar-refractivity contribution < 1.29 is 9.53 Å². The van der Waals surface area contributed by atoms with Crippen molar-refractivity contribution in [2.75, 3.05) is 0 Å². The van der Waals surface area contributed by atoms with E-state index >= 15 is 0 Å². The molecule has 0 heterocycles. The Balaban J connectivity index is 1.76. The fourth-order valence-corrected chi connectivity index (χ4v) is 5.99. The molecule has 2 nitrogen and oxygen atoms in total. The second-order valence-corrected chi connectivity index (χ2v) is 9.25. The zero-order valence-electron chi connectivity index (χ0n) is 16.9. The van der Waals surface area contributed by atoms with Crippen LogP contribution in [0.5, 0.6) is 5.75 Å². The quantitative estimate of drug-likeness (QED) is 0.507. The standard InChI is InChI=1S/C25H36O2/c26-18-27-25-23(20-12-6-2-7-13-20)16-22(19-10-4-1-5-11-19)17-24(25)21-14-8-3-9-15-21/h16-21H,1-15H2. The molecule has 3 aliphatic carbocycles. The molecule has 0 unspecified atom stereocenters. The van der Waals surface area contributed by atoms with Crippen LogP contribution < -0.4 is 4.74 Å². The lowest BCUT2D eigenvalue weighted by molar-refractivity contribution is -0.120. The van der Waals surface area contributed by atoms with Crippen molar-refractivity contribution in [1.82, 2.24) is 0 Å². The average molecular weight is 369 g/mol. The number of rotatable bonds is 5. The number of hydrogen-bond donors (Lipinski definition) is 0. The molecule has 3 saturated carbocycles. The number of carbonyl (C=O) groups is 1. The van der Waals surface area contributed by atoms with Crippen LogP contribution in [0, 0.1) is 0 Å². The van der Waals surface area contributed by atoms with Gasteiger partial charge in [0.25, 0.3) is 6.47 Å². The summed E-state index contributed by atoms with van der Waals surface area (Å²) in [6, 6.07) is 4.91. The molecule has 0 amide bonds. The lowest BCUT2D eigenvalue weighted by Gasteiger charge is -2.31. The van der Waals surface area contributed by atoms with E-state index in [1.807, 2.05) is 0 Å². The molecule has 0 bridgehead atoms. The van der Waals surface area contributed by atoms with Gasteiger partial charge < -0.3 is 4.74 Å². The first-order valence-corrected chi connectivity index (χ1v) is 11.6. The maximum atomic E-state index is 11.4. The molecule has 1 aromatic rings. The Morgan fingerprint density at radius 1 is 0.630 bits per heavy atom. The van der Waals surface area contributed by atoms with Crippen molar-refractivity contribution in [2.45, 2.75) is 114 Å². The summed E-state index contributed by atoms with van der Waals surface area (Å²) in [6.07, 6.45) is 19.8. The highest BCUT2D eigenvalue weighted by Crippen LogP contribution is 2.47. The first-order chi connectivity index (χ1) is 13.4. The predicted molar refractivity (Wildman–Crippen MR) is 111 cm³/mol. The largest absolute Gasteiger partial charge is 0.428 e. The molecule has 0 saturated heterocycles. The average Bonchev–Trinajstić information content (AvgIpc) is 2.76. The summed E-state index contributed by atoms with van der Waals surface area (Å²) in [5, 5.41) is 0. The lowest BCUT2D eigenvalue weighted by atomic mass is 9.75. The SMILES string of the molecule is O=COc1c(C2CCCCC2)cc(C2CCCCC2)cc1C1CCCCC1. The van der Waals surface area contributed by atoms with Gasteiger partial charge in [0.1, 0.15) is 5.75 Å². The van der Waals surface area contributed by atoms with Crippen molar-refractivity contribution in [3.8, 4) is 5.75 Å². The molecule has 2 heteroatoms. The molecule has 0 atom stereocenters. The van der Waals surface area contributed by atoms with Crippen molar-refractivity contribution in [2.24, 2.45) is 0 Å². The first-order valence-electron chi connectivity index (χ1n) is 11.6. The van der Waals surface area contributed by atoms with Crippen molar-refractivity contribution in [1.29, 1.82) is 0 Å². The summed E-state index contributed by atoms with van der Waals surface area (Å²) in [4.78, 5) is 11.4. The van der Waals surface area contributed by atoms with E-state index in [2.05, 4.69) is 12.1 Å². The number of benzene rings is 1. The summed E-state index contributed by atoms with van der Waals surface area (Å²) >= 11 is 0. The molecular formula is C25H36O2. The summed E-state index contributed by atoms with van der Waals surface area (Å²) < 4.78 is 5.74. The van der Waals surface area contributed by atoms with Crippen molar-refractivity contribution in [3.63, 3.8) is 0 Å². The minimum Gasteiger partial charge on any atom is -0.428 e. The fourth-order valence-electron chi connectivity index (χ4n) is 5.99. The summed E-state index contributed by atoms with van der Waals surface area (Å²) in [6.45, 7) is 0.675. The van der Waals surface area contributed by atoms with Gasteiger partial charge in [-0.2, -0.15) is 0 Å². The maximum Gasteiger partial charge on any atom is 0.298 e. The third-order valence-electron chi connectivity index (χ3n) is 7.50. The first kappa shape index (κ1) is 19.0. The van der Waals surface area contributed by atoms with Crippen LogP contribution in [-0.2, 0) is 4.79 Å². The second-order valence-electron chi connectivity index (χ2n) is 9.25. The Labute approximate surface area is 165 Å². The lowest BCUT2D eigenvalue weighted by Crippen LogP contribution is -2.14. The number of ether oxygens (including phenoxy) is 1. The molecule has 0 spiro atoms. The van der Waals surface area contributed by atoms with E-state index in [0.717, 1.165) is 5.75 Å². The van der Waals surface area contributed by atoms with E-state index in [-0.39, 0.29) is 0 Å². The highest BCUT2D eigenvalue weighted by atomic mass is 16.5. The fraction of sp³-hybridized carbons (Fsp3) is 0.720. The van der Waals surface area contributed by atoms with E-state index < -0.39 is 0 Å². The summed E-state index contributed by atoms with van der Waals surface area (Å²) in [5.41, 5.74) is 4.28. The molecular weight excluding hydrogens is 332 g/mol. The van der Waals surface area contributed by atoms with Gasteiger partial charge in [-0.3, -0.25) is 4.79 Å². The van der Waals surface area contributed by atoms with Crippen molar-refractivity contribution >= 4 is 6.47 Å². The Bertz CT molecular complexity index is 578. The van der Waals surface area contributed by atoms with Crippen LogP contribution in [0.3, 0.4) is 0 Å². The molecule has 3 fully saturated rings. The Morgan fingerprint density at radius 3 is 1.44 bits per heavy atom. The molecule has 0 aromatic heterocycles. The Morgan fingerprint density at radius 2 is 1.04 bits per heavy atom. The minimum absolute atomic E-state index is 0.583.